The second kappa shape index (κ2) is 12.0. The van der Waals surface area contributed by atoms with Crippen LogP contribution in [0.1, 0.15) is 44.9 Å². The first-order valence-corrected chi connectivity index (χ1v) is 12.0. The zero-order valence-corrected chi connectivity index (χ0v) is 19.6. The number of allylic oxidation sites excluding steroid dienone is 2. The van der Waals surface area contributed by atoms with Gasteiger partial charge in [0.1, 0.15) is 17.9 Å². The maximum atomic E-state index is 13.7. The summed E-state index contributed by atoms with van der Waals surface area (Å²) in [5.41, 5.74) is 5.92. The van der Waals surface area contributed by atoms with E-state index in [0.29, 0.717) is 18.0 Å². The molecule has 9 heteroatoms. The van der Waals surface area contributed by atoms with E-state index in [9.17, 15) is 23.9 Å². The van der Waals surface area contributed by atoms with Crippen LogP contribution in [-0.4, -0.2) is 59.5 Å². The van der Waals surface area contributed by atoms with Crippen LogP contribution in [-0.2, 0) is 14.4 Å². The Balaban J connectivity index is 1.51. The van der Waals surface area contributed by atoms with Crippen LogP contribution >= 0.6 is 0 Å². The molecule has 1 aliphatic carbocycles. The number of halogens is 1. The van der Waals surface area contributed by atoms with Crippen LogP contribution in [0, 0.1) is 17.7 Å². The van der Waals surface area contributed by atoms with Gasteiger partial charge in [0, 0.05) is 31.6 Å². The molecule has 0 aromatic heterocycles. The Kier molecular flexibility index (Phi) is 9.04. The number of nitrogens with one attached hydrogen (secondary N) is 2. The lowest BCUT2D eigenvalue weighted by molar-refractivity contribution is -0.138. The van der Waals surface area contributed by atoms with Crippen molar-refractivity contribution in [3.05, 3.63) is 42.2 Å². The van der Waals surface area contributed by atoms with Gasteiger partial charge in [0.05, 0.1) is 6.10 Å². The van der Waals surface area contributed by atoms with Gasteiger partial charge in [-0.05, 0) is 49.8 Å². The lowest BCUT2D eigenvalue weighted by Crippen LogP contribution is -2.49. The van der Waals surface area contributed by atoms with Crippen molar-refractivity contribution in [2.75, 3.05) is 18.9 Å². The summed E-state index contributed by atoms with van der Waals surface area (Å²) in [5, 5.41) is 15.8. The molecule has 5 unspecified atom stereocenters. The highest BCUT2D eigenvalue weighted by Crippen LogP contribution is 2.39. The van der Waals surface area contributed by atoms with Crippen LogP contribution in [0.25, 0.3) is 0 Å². The Labute approximate surface area is 199 Å². The van der Waals surface area contributed by atoms with Gasteiger partial charge < -0.3 is 26.4 Å². The monoisotopic (exact) mass is 474 g/mol. The number of rotatable bonds is 12. The molecule has 5 N–H and O–H groups in total. The highest BCUT2D eigenvalue weighted by atomic mass is 19.1. The Morgan fingerprint density at radius 2 is 2.06 bits per heavy atom. The highest BCUT2D eigenvalue weighted by molar-refractivity contribution is 5.91. The summed E-state index contributed by atoms with van der Waals surface area (Å²) < 4.78 is 13.7. The third-order valence-electron chi connectivity index (χ3n) is 6.52. The number of carbonyl (C=O) groups excluding carboxylic acids is 3. The van der Waals surface area contributed by atoms with Crippen molar-refractivity contribution in [1.82, 2.24) is 10.2 Å². The maximum Gasteiger partial charge on any atom is 0.245 e. The van der Waals surface area contributed by atoms with Crippen LogP contribution < -0.4 is 16.4 Å². The number of aliphatic hydroxyl groups excluding tert-OH is 1. The summed E-state index contributed by atoms with van der Waals surface area (Å²) in [6.07, 6.45) is 8.46. The normalized spacial score (nSPS) is 24.7. The molecule has 34 heavy (non-hydrogen) atoms. The molecule has 1 aliphatic heterocycles. The molecule has 5 atom stereocenters. The lowest BCUT2D eigenvalue weighted by Gasteiger charge is -2.28. The van der Waals surface area contributed by atoms with E-state index in [2.05, 4.69) is 22.8 Å². The van der Waals surface area contributed by atoms with Gasteiger partial charge in [-0.1, -0.05) is 31.1 Å². The first-order valence-electron chi connectivity index (χ1n) is 12.0. The molecule has 2 fully saturated rings. The summed E-state index contributed by atoms with van der Waals surface area (Å²) in [4.78, 5) is 37.9. The highest BCUT2D eigenvalue weighted by Gasteiger charge is 2.41. The standard InChI is InChI=1S/C25H35FN4O4/c1-28-24(33)20-12-16(20)8-5-3-2-4-6-11-21(29-18-10-7-9-17(26)13-18)25(34)30-15-19(31)14-22(30)23(27)32/h5,7-10,13,16,19-22,29,31H,2-4,6,11-12,14-15H2,1H3,(H2,27,32)(H,28,33). The molecule has 1 aromatic rings. The van der Waals surface area contributed by atoms with E-state index in [1.165, 1.54) is 17.0 Å². The molecule has 0 spiro atoms. The quantitative estimate of drug-likeness (QED) is 0.272. The molecule has 8 nitrogen and oxygen atoms in total. The fourth-order valence-electron chi connectivity index (χ4n) is 4.54. The van der Waals surface area contributed by atoms with Crippen molar-refractivity contribution in [3.63, 3.8) is 0 Å². The molecular weight excluding hydrogens is 439 g/mol. The number of unbranched alkanes of at least 4 members (excludes halogenated alkanes) is 3. The summed E-state index contributed by atoms with van der Waals surface area (Å²) in [6.45, 7) is 0.0524. The molecule has 1 saturated carbocycles. The molecule has 1 heterocycles. The van der Waals surface area contributed by atoms with Gasteiger partial charge in [0.2, 0.25) is 17.7 Å². The van der Waals surface area contributed by atoms with E-state index in [1.807, 2.05) is 0 Å². The average Bonchev–Trinajstić information content (AvgIpc) is 3.47. The number of likely N-dealkylation sites (tertiary alicyclic amines) is 1. The van der Waals surface area contributed by atoms with Gasteiger partial charge in [-0.15, -0.1) is 0 Å². The fraction of sp³-hybridized carbons (Fsp3) is 0.560. The van der Waals surface area contributed by atoms with Crippen LogP contribution in [0.5, 0.6) is 0 Å². The number of carbonyl (C=O) groups is 3. The molecule has 3 rings (SSSR count). The number of nitrogens with two attached hydrogens (primary N) is 1. The topological polar surface area (TPSA) is 125 Å². The van der Waals surface area contributed by atoms with Crippen LogP contribution in [0.2, 0.25) is 0 Å². The molecule has 0 radical (unpaired) electrons. The summed E-state index contributed by atoms with van der Waals surface area (Å²) in [6, 6.07) is 4.39. The van der Waals surface area contributed by atoms with Crippen molar-refractivity contribution in [2.45, 2.75) is 63.1 Å². The maximum absolute atomic E-state index is 13.7. The number of nitrogens with zero attached hydrogens (tertiary/aromatic N) is 1. The number of β-amino-alcohol motifs (C(OH)–C–C–N with tert-alkyl or cyclic N) is 1. The number of primary amides is 1. The average molecular weight is 475 g/mol. The predicted molar refractivity (Wildman–Crippen MR) is 127 cm³/mol. The number of hydrogen-bond donors (Lipinski definition) is 4. The van der Waals surface area contributed by atoms with Crippen LogP contribution in [0.3, 0.4) is 0 Å². The van der Waals surface area contributed by atoms with Gasteiger partial charge >= 0.3 is 0 Å². The smallest absolute Gasteiger partial charge is 0.245 e. The summed E-state index contributed by atoms with van der Waals surface area (Å²) in [5.74, 6) is -0.833. The fourth-order valence-corrected chi connectivity index (χ4v) is 4.54. The zero-order valence-electron chi connectivity index (χ0n) is 19.6. The molecule has 186 valence electrons. The van der Waals surface area contributed by atoms with Gasteiger partial charge in [-0.2, -0.15) is 0 Å². The zero-order chi connectivity index (χ0) is 24.7. The molecule has 3 amide bonds. The second-order valence-corrected chi connectivity index (χ2v) is 9.19. The van der Waals surface area contributed by atoms with Gasteiger partial charge in [-0.3, -0.25) is 14.4 Å². The summed E-state index contributed by atoms with van der Waals surface area (Å²) in [7, 11) is 1.66. The minimum Gasteiger partial charge on any atom is -0.391 e. The molecule has 0 bridgehead atoms. The van der Waals surface area contributed by atoms with Crippen molar-refractivity contribution in [1.29, 1.82) is 0 Å². The SMILES string of the molecule is CNC(=O)C1CC1C=CCCCCCC(Nc1cccc(F)c1)C(=O)N1CC(O)CC1C(N)=O. The number of amides is 3. The molecular formula is C25H35FN4O4. The van der Waals surface area contributed by atoms with E-state index in [4.69, 9.17) is 5.73 Å². The van der Waals surface area contributed by atoms with Crippen molar-refractivity contribution in [2.24, 2.45) is 17.6 Å². The third kappa shape index (κ3) is 7.03. The minimum absolute atomic E-state index is 0.0524. The third-order valence-corrected chi connectivity index (χ3v) is 6.52. The summed E-state index contributed by atoms with van der Waals surface area (Å²) >= 11 is 0. The number of hydrogen-bond acceptors (Lipinski definition) is 5. The Bertz CT molecular complexity index is 909. The van der Waals surface area contributed by atoms with E-state index >= 15 is 0 Å². The first kappa shape index (κ1) is 25.7. The second-order valence-electron chi connectivity index (χ2n) is 9.19. The van der Waals surface area contributed by atoms with Gasteiger partial charge in [0.15, 0.2) is 0 Å². The van der Waals surface area contributed by atoms with Crippen molar-refractivity contribution in [3.8, 4) is 0 Å². The molecule has 2 aliphatic rings. The van der Waals surface area contributed by atoms with E-state index < -0.39 is 29.9 Å². The van der Waals surface area contributed by atoms with Gasteiger partial charge in [0.25, 0.3) is 0 Å². The number of anilines is 1. The minimum atomic E-state index is -0.842. The van der Waals surface area contributed by atoms with Crippen LogP contribution in [0.4, 0.5) is 10.1 Å². The number of benzene rings is 1. The van der Waals surface area contributed by atoms with Gasteiger partial charge in [-0.25, -0.2) is 4.39 Å². The van der Waals surface area contributed by atoms with E-state index in [-0.39, 0.29) is 30.7 Å². The van der Waals surface area contributed by atoms with Crippen LogP contribution in [0.15, 0.2) is 36.4 Å². The Morgan fingerprint density at radius 3 is 2.76 bits per heavy atom. The first-order chi connectivity index (χ1) is 16.3. The van der Waals surface area contributed by atoms with Crippen molar-refractivity contribution < 1.29 is 23.9 Å². The predicted octanol–water partition coefficient (Wildman–Crippen LogP) is 1.94. The van der Waals surface area contributed by atoms with E-state index in [0.717, 1.165) is 32.1 Å². The Hall–Kier alpha value is -2.94. The Morgan fingerprint density at radius 1 is 1.26 bits per heavy atom. The molecule has 1 aromatic carbocycles. The van der Waals surface area contributed by atoms with Crippen molar-refractivity contribution >= 4 is 23.4 Å². The molecule has 1 saturated heterocycles. The number of aliphatic hydroxyl groups is 1. The lowest BCUT2D eigenvalue weighted by atomic mass is 10.0. The largest absolute Gasteiger partial charge is 0.391 e. The van der Waals surface area contributed by atoms with E-state index in [1.54, 1.807) is 19.2 Å².